The standard InChI is InChI=1S/C9H9IN2O2/c1-6(12-14)9(13)11-8-5-3-2-4-7(8)10/h2-5,14H,1H3,(H,11,13). The van der Waals surface area contributed by atoms with E-state index in [2.05, 4.69) is 33.1 Å². The van der Waals surface area contributed by atoms with Crippen LogP contribution in [0.4, 0.5) is 5.69 Å². The fourth-order valence-electron chi connectivity index (χ4n) is 0.821. The molecule has 1 rings (SSSR count). The molecule has 0 radical (unpaired) electrons. The highest BCUT2D eigenvalue weighted by Gasteiger charge is 2.07. The first-order valence-corrected chi connectivity index (χ1v) is 4.97. The third-order valence-electron chi connectivity index (χ3n) is 1.60. The Morgan fingerprint density at radius 2 is 2.14 bits per heavy atom. The van der Waals surface area contributed by atoms with E-state index in [-0.39, 0.29) is 5.71 Å². The summed E-state index contributed by atoms with van der Waals surface area (Å²) in [5, 5.41) is 13.8. The van der Waals surface area contributed by atoms with Crippen LogP contribution in [0.5, 0.6) is 0 Å². The largest absolute Gasteiger partial charge is 0.410 e. The zero-order valence-corrected chi connectivity index (χ0v) is 9.65. The summed E-state index contributed by atoms with van der Waals surface area (Å²) in [5.74, 6) is -0.406. The van der Waals surface area contributed by atoms with Crippen LogP contribution in [0.3, 0.4) is 0 Å². The van der Waals surface area contributed by atoms with E-state index in [1.54, 1.807) is 6.07 Å². The van der Waals surface area contributed by atoms with E-state index in [0.29, 0.717) is 5.69 Å². The topological polar surface area (TPSA) is 61.7 Å². The molecule has 0 heterocycles. The molecule has 0 saturated carbocycles. The number of amides is 1. The predicted molar refractivity (Wildman–Crippen MR) is 62.7 cm³/mol. The second-order valence-corrected chi connectivity index (χ2v) is 3.78. The minimum atomic E-state index is -0.406. The van der Waals surface area contributed by atoms with Crippen LogP contribution in [0, 0.1) is 3.57 Å². The summed E-state index contributed by atoms with van der Waals surface area (Å²) >= 11 is 2.11. The predicted octanol–water partition coefficient (Wildman–Crippen LogP) is 2.08. The van der Waals surface area contributed by atoms with Gasteiger partial charge in [-0.15, -0.1) is 0 Å². The number of carbonyl (C=O) groups excluding carboxylic acids is 1. The number of hydrogen-bond donors (Lipinski definition) is 2. The van der Waals surface area contributed by atoms with Gasteiger partial charge < -0.3 is 10.5 Å². The number of para-hydroxylation sites is 1. The van der Waals surface area contributed by atoms with Crippen LogP contribution >= 0.6 is 22.6 Å². The first-order chi connectivity index (χ1) is 6.65. The SMILES string of the molecule is CC(=NO)C(=O)Nc1ccccc1I. The number of halogens is 1. The summed E-state index contributed by atoms with van der Waals surface area (Å²) in [7, 11) is 0. The Morgan fingerprint density at radius 3 is 2.71 bits per heavy atom. The molecule has 1 amide bonds. The average molecular weight is 304 g/mol. The van der Waals surface area contributed by atoms with Crippen LogP contribution in [0.2, 0.25) is 0 Å². The highest BCUT2D eigenvalue weighted by Crippen LogP contribution is 2.16. The number of nitrogens with zero attached hydrogens (tertiary/aromatic N) is 1. The molecule has 0 saturated heterocycles. The third-order valence-corrected chi connectivity index (χ3v) is 2.54. The molecule has 14 heavy (non-hydrogen) atoms. The van der Waals surface area contributed by atoms with Crippen molar-refractivity contribution in [3.8, 4) is 0 Å². The van der Waals surface area contributed by atoms with Crippen molar-refractivity contribution in [1.82, 2.24) is 0 Å². The minimum absolute atomic E-state index is 0.0321. The lowest BCUT2D eigenvalue weighted by molar-refractivity contribution is -0.110. The highest BCUT2D eigenvalue weighted by molar-refractivity contribution is 14.1. The first-order valence-electron chi connectivity index (χ1n) is 3.89. The Morgan fingerprint density at radius 1 is 1.50 bits per heavy atom. The van der Waals surface area contributed by atoms with Crippen molar-refractivity contribution in [2.24, 2.45) is 5.16 Å². The number of benzene rings is 1. The minimum Gasteiger partial charge on any atom is -0.410 e. The Kier molecular flexibility index (Phi) is 3.87. The quantitative estimate of drug-likeness (QED) is 0.380. The average Bonchev–Trinajstić information content (AvgIpc) is 2.20. The molecule has 2 N–H and O–H groups in total. The van der Waals surface area contributed by atoms with Crippen molar-refractivity contribution in [3.05, 3.63) is 27.8 Å². The molecule has 0 atom stereocenters. The van der Waals surface area contributed by atoms with Gasteiger partial charge in [0.15, 0.2) is 0 Å². The number of oxime groups is 1. The van der Waals surface area contributed by atoms with Gasteiger partial charge in [0.25, 0.3) is 5.91 Å². The summed E-state index contributed by atoms with van der Waals surface area (Å²) in [6.07, 6.45) is 0. The van der Waals surface area contributed by atoms with Crippen LogP contribution in [0.25, 0.3) is 0 Å². The lowest BCUT2D eigenvalue weighted by Gasteiger charge is -2.05. The molecule has 5 heteroatoms. The molecule has 1 aromatic rings. The Bertz CT molecular complexity index is 377. The van der Waals surface area contributed by atoms with Crippen molar-refractivity contribution in [3.63, 3.8) is 0 Å². The summed E-state index contributed by atoms with van der Waals surface area (Å²) in [6.45, 7) is 1.44. The van der Waals surface area contributed by atoms with E-state index in [1.165, 1.54) is 6.92 Å². The number of nitrogens with one attached hydrogen (secondary N) is 1. The summed E-state index contributed by atoms with van der Waals surface area (Å²) in [6, 6.07) is 7.36. The zero-order valence-electron chi connectivity index (χ0n) is 7.49. The molecule has 0 fully saturated rings. The molecule has 0 bridgehead atoms. The first kappa shape index (κ1) is 11.0. The smallest absolute Gasteiger partial charge is 0.273 e. The normalized spacial score (nSPS) is 11.1. The number of carbonyl (C=O) groups is 1. The summed E-state index contributed by atoms with van der Waals surface area (Å²) < 4.78 is 0.934. The van der Waals surface area contributed by atoms with Gasteiger partial charge in [-0.3, -0.25) is 4.79 Å². The Balaban J connectivity index is 2.80. The molecule has 0 unspecified atom stereocenters. The molecule has 74 valence electrons. The molecule has 0 aliphatic heterocycles. The van der Waals surface area contributed by atoms with Crippen molar-refractivity contribution < 1.29 is 10.0 Å². The van der Waals surface area contributed by atoms with E-state index in [1.807, 2.05) is 18.2 Å². The second kappa shape index (κ2) is 4.94. The maximum absolute atomic E-state index is 11.3. The van der Waals surface area contributed by atoms with Crippen LogP contribution in [-0.4, -0.2) is 16.8 Å². The Hall–Kier alpha value is -1.11. The molecular formula is C9H9IN2O2. The lowest BCUT2D eigenvalue weighted by Crippen LogP contribution is -2.20. The van der Waals surface area contributed by atoms with Crippen molar-refractivity contribution in [1.29, 1.82) is 0 Å². The van der Waals surface area contributed by atoms with Gasteiger partial charge in [-0.25, -0.2) is 0 Å². The monoisotopic (exact) mass is 304 g/mol. The van der Waals surface area contributed by atoms with Gasteiger partial charge in [0.2, 0.25) is 0 Å². The van der Waals surface area contributed by atoms with Gasteiger partial charge in [0, 0.05) is 3.57 Å². The molecule has 0 aliphatic rings. The number of anilines is 1. The molecule has 0 aromatic heterocycles. The molecule has 0 spiro atoms. The second-order valence-electron chi connectivity index (χ2n) is 2.62. The van der Waals surface area contributed by atoms with Crippen LogP contribution in [0.1, 0.15) is 6.92 Å². The van der Waals surface area contributed by atoms with Crippen LogP contribution < -0.4 is 5.32 Å². The lowest BCUT2D eigenvalue weighted by atomic mass is 10.3. The molecular weight excluding hydrogens is 295 g/mol. The molecule has 4 nitrogen and oxygen atoms in total. The fraction of sp³-hybridized carbons (Fsp3) is 0.111. The highest BCUT2D eigenvalue weighted by atomic mass is 127. The Labute approximate surface area is 95.1 Å². The van der Waals surface area contributed by atoms with Crippen molar-refractivity contribution in [2.45, 2.75) is 6.92 Å². The van der Waals surface area contributed by atoms with Gasteiger partial charge in [0.1, 0.15) is 5.71 Å². The third kappa shape index (κ3) is 2.69. The van der Waals surface area contributed by atoms with Crippen molar-refractivity contribution in [2.75, 3.05) is 5.32 Å². The molecule has 0 aliphatic carbocycles. The van der Waals surface area contributed by atoms with Gasteiger partial charge in [-0.1, -0.05) is 17.3 Å². The number of hydrogen-bond acceptors (Lipinski definition) is 3. The maximum atomic E-state index is 11.3. The summed E-state index contributed by atoms with van der Waals surface area (Å²) in [5.41, 5.74) is 0.741. The van der Waals surface area contributed by atoms with Gasteiger partial charge >= 0.3 is 0 Å². The van der Waals surface area contributed by atoms with E-state index < -0.39 is 5.91 Å². The number of rotatable bonds is 2. The van der Waals surface area contributed by atoms with Crippen molar-refractivity contribution >= 4 is 39.9 Å². The van der Waals surface area contributed by atoms with E-state index in [4.69, 9.17) is 5.21 Å². The fourth-order valence-corrected chi connectivity index (χ4v) is 1.34. The van der Waals surface area contributed by atoms with E-state index in [0.717, 1.165) is 3.57 Å². The van der Waals surface area contributed by atoms with E-state index in [9.17, 15) is 4.79 Å². The maximum Gasteiger partial charge on any atom is 0.273 e. The van der Waals surface area contributed by atoms with Gasteiger partial charge in [-0.2, -0.15) is 0 Å². The van der Waals surface area contributed by atoms with Gasteiger partial charge in [-0.05, 0) is 41.6 Å². The van der Waals surface area contributed by atoms with Crippen LogP contribution in [-0.2, 0) is 4.79 Å². The molecule has 1 aromatic carbocycles. The van der Waals surface area contributed by atoms with E-state index >= 15 is 0 Å². The summed E-state index contributed by atoms with van der Waals surface area (Å²) in [4.78, 5) is 11.3. The van der Waals surface area contributed by atoms with Crippen LogP contribution in [0.15, 0.2) is 29.4 Å². The van der Waals surface area contributed by atoms with Gasteiger partial charge in [0.05, 0.1) is 5.69 Å². The zero-order chi connectivity index (χ0) is 10.6.